The predicted octanol–water partition coefficient (Wildman–Crippen LogP) is 1.77. The molecule has 0 radical (unpaired) electrons. The maximum Gasteiger partial charge on any atom is 0.00188 e. The van der Waals surface area contributed by atoms with E-state index in [1.54, 1.807) is 0 Å². The monoisotopic (exact) mass is 218 g/mol. The highest BCUT2D eigenvalue weighted by Gasteiger charge is 2.16. The molecule has 0 aromatic heterocycles. The summed E-state index contributed by atoms with van der Waals surface area (Å²) in [6.45, 7) is 4.86. The number of rotatable bonds is 6. The molecule has 0 unspecified atom stereocenters. The predicted molar refractivity (Wildman–Crippen MR) is 68.6 cm³/mol. The van der Waals surface area contributed by atoms with E-state index in [0.717, 1.165) is 5.92 Å². The SMILES string of the molecule is CN(CCc1ccccc1)CCC1CNC1. The summed E-state index contributed by atoms with van der Waals surface area (Å²) in [6.07, 6.45) is 2.51. The van der Waals surface area contributed by atoms with E-state index in [4.69, 9.17) is 0 Å². The summed E-state index contributed by atoms with van der Waals surface area (Å²) >= 11 is 0. The van der Waals surface area contributed by atoms with Crippen LogP contribution in [0, 0.1) is 5.92 Å². The number of nitrogens with one attached hydrogen (secondary N) is 1. The molecule has 1 aliphatic rings. The number of likely N-dealkylation sites (N-methyl/N-ethyl adjacent to an activating group) is 1. The first kappa shape index (κ1) is 11.6. The lowest BCUT2D eigenvalue weighted by molar-refractivity contribution is 0.258. The van der Waals surface area contributed by atoms with Crippen LogP contribution in [0.3, 0.4) is 0 Å². The van der Waals surface area contributed by atoms with Crippen LogP contribution >= 0.6 is 0 Å². The van der Waals surface area contributed by atoms with Gasteiger partial charge < -0.3 is 10.2 Å². The van der Waals surface area contributed by atoms with E-state index in [1.165, 1.54) is 44.6 Å². The summed E-state index contributed by atoms with van der Waals surface area (Å²) in [5, 5.41) is 3.32. The Kier molecular flexibility index (Phi) is 4.37. The zero-order valence-electron chi connectivity index (χ0n) is 10.2. The molecular formula is C14H22N2. The fourth-order valence-electron chi connectivity index (χ4n) is 2.03. The van der Waals surface area contributed by atoms with Crippen molar-refractivity contribution in [3.63, 3.8) is 0 Å². The number of nitrogens with zero attached hydrogens (tertiary/aromatic N) is 1. The van der Waals surface area contributed by atoms with Gasteiger partial charge in [-0.2, -0.15) is 0 Å². The highest BCUT2D eigenvalue weighted by molar-refractivity contribution is 5.14. The van der Waals surface area contributed by atoms with E-state index in [2.05, 4.69) is 47.6 Å². The van der Waals surface area contributed by atoms with Crippen molar-refractivity contribution in [1.29, 1.82) is 0 Å². The molecule has 2 nitrogen and oxygen atoms in total. The molecule has 1 aromatic rings. The van der Waals surface area contributed by atoms with E-state index < -0.39 is 0 Å². The van der Waals surface area contributed by atoms with Gasteiger partial charge in [0.2, 0.25) is 0 Å². The Morgan fingerprint density at radius 1 is 1.19 bits per heavy atom. The first-order valence-corrected chi connectivity index (χ1v) is 6.28. The van der Waals surface area contributed by atoms with Crippen LogP contribution in [0.15, 0.2) is 30.3 Å². The van der Waals surface area contributed by atoms with Crippen molar-refractivity contribution in [2.75, 3.05) is 33.2 Å². The molecule has 2 heteroatoms. The molecule has 16 heavy (non-hydrogen) atoms. The van der Waals surface area contributed by atoms with Crippen LogP contribution in [0.1, 0.15) is 12.0 Å². The van der Waals surface area contributed by atoms with Crippen molar-refractivity contribution < 1.29 is 0 Å². The van der Waals surface area contributed by atoms with Gasteiger partial charge >= 0.3 is 0 Å². The topological polar surface area (TPSA) is 15.3 Å². The minimum atomic E-state index is 0.930. The Bertz CT molecular complexity index is 293. The van der Waals surface area contributed by atoms with Gasteiger partial charge in [0.15, 0.2) is 0 Å². The van der Waals surface area contributed by atoms with Gasteiger partial charge in [-0.3, -0.25) is 0 Å². The molecule has 1 fully saturated rings. The van der Waals surface area contributed by atoms with Crippen molar-refractivity contribution in [2.45, 2.75) is 12.8 Å². The van der Waals surface area contributed by atoms with Gasteiger partial charge in [0.25, 0.3) is 0 Å². The van der Waals surface area contributed by atoms with Crippen molar-refractivity contribution in [3.05, 3.63) is 35.9 Å². The van der Waals surface area contributed by atoms with E-state index in [-0.39, 0.29) is 0 Å². The molecule has 0 spiro atoms. The molecule has 88 valence electrons. The van der Waals surface area contributed by atoms with Crippen molar-refractivity contribution in [1.82, 2.24) is 10.2 Å². The summed E-state index contributed by atoms with van der Waals surface area (Å²) in [4.78, 5) is 2.45. The molecule has 0 bridgehead atoms. The first-order valence-electron chi connectivity index (χ1n) is 6.28. The smallest absolute Gasteiger partial charge is 0.00188 e. The fraction of sp³-hybridized carbons (Fsp3) is 0.571. The lowest BCUT2D eigenvalue weighted by Gasteiger charge is -2.29. The quantitative estimate of drug-likeness (QED) is 0.783. The average Bonchev–Trinajstić information content (AvgIpc) is 2.26. The van der Waals surface area contributed by atoms with E-state index in [0.29, 0.717) is 0 Å². The largest absolute Gasteiger partial charge is 0.316 e. The molecule has 1 N–H and O–H groups in total. The zero-order valence-corrected chi connectivity index (χ0v) is 10.2. The van der Waals surface area contributed by atoms with E-state index in [9.17, 15) is 0 Å². The molecule has 0 aliphatic carbocycles. The molecule has 1 aromatic carbocycles. The highest BCUT2D eigenvalue weighted by atomic mass is 15.1. The number of hydrogen-bond acceptors (Lipinski definition) is 2. The van der Waals surface area contributed by atoms with Crippen molar-refractivity contribution >= 4 is 0 Å². The lowest BCUT2D eigenvalue weighted by Crippen LogP contribution is -2.43. The van der Waals surface area contributed by atoms with Crippen LogP contribution in [-0.4, -0.2) is 38.1 Å². The highest BCUT2D eigenvalue weighted by Crippen LogP contribution is 2.09. The van der Waals surface area contributed by atoms with Crippen LogP contribution in [-0.2, 0) is 6.42 Å². The normalized spacial score (nSPS) is 16.4. The van der Waals surface area contributed by atoms with Gasteiger partial charge in [-0.25, -0.2) is 0 Å². The zero-order chi connectivity index (χ0) is 11.2. The van der Waals surface area contributed by atoms with Gasteiger partial charge in [0.05, 0.1) is 0 Å². The number of hydrogen-bond donors (Lipinski definition) is 1. The second-order valence-corrected chi connectivity index (χ2v) is 4.85. The van der Waals surface area contributed by atoms with E-state index in [1.807, 2.05) is 0 Å². The Labute approximate surface area is 98.7 Å². The van der Waals surface area contributed by atoms with Gasteiger partial charge in [-0.1, -0.05) is 30.3 Å². The first-order chi connectivity index (χ1) is 7.84. The van der Waals surface area contributed by atoms with Crippen LogP contribution < -0.4 is 5.32 Å². The fourth-order valence-corrected chi connectivity index (χ4v) is 2.03. The minimum Gasteiger partial charge on any atom is -0.316 e. The summed E-state index contributed by atoms with van der Waals surface area (Å²) < 4.78 is 0. The van der Waals surface area contributed by atoms with Crippen molar-refractivity contribution in [2.24, 2.45) is 5.92 Å². The molecule has 1 aliphatic heterocycles. The molecular weight excluding hydrogens is 196 g/mol. The number of benzene rings is 1. The third-order valence-electron chi connectivity index (χ3n) is 3.41. The van der Waals surface area contributed by atoms with Gasteiger partial charge in [-0.05, 0) is 51.0 Å². The summed E-state index contributed by atoms with van der Waals surface area (Å²) in [6, 6.07) is 10.7. The Morgan fingerprint density at radius 3 is 2.56 bits per heavy atom. The Balaban J connectivity index is 1.61. The summed E-state index contributed by atoms with van der Waals surface area (Å²) in [5.74, 6) is 0.930. The standard InChI is InChI=1S/C14H22N2/c1-16(10-8-14-11-15-12-14)9-7-13-5-3-2-4-6-13/h2-6,14-15H,7-12H2,1H3. The van der Waals surface area contributed by atoms with E-state index >= 15 is 0 Å². The van der Waals surface area contributed by atoms with Crippen LogP contribution in [0.25, 0.3) is 0 Å². The maximum atomic E-state index is 3.32. The van der Waals surface area contributed by atoms with Gasteiger partial charge in [0.1, 0.15) is 0 Å². The van der Waals surface area contributed by atoms with Crippen LogP contribution in [0.5, 0.6) is 0 Å². The summed E-state index contributed by atoms with van der Waals surface area (Å²) in [5.41, 5.74) is 1.44. The van der Waals surface area contributed by atoms with Crippen LogP contribution in [0.2, 0.25) is 0 Å². The maximum absolute atomic E-state index is 3.32. The van der Waals surface area contributed by atoms with Crippen molar-refractivity contribution in [3.8, 4) is 0 Å². The minimum absolute atomic E-state index is 0.930. The molecule has 0 atom stereocenters. The second kappa shape index (κ2) is 6.02. The van der Waals surface area contributed by atoms with Gasteiger partial charge in [-0.15, -0.1) is 0 Å². The molecule has 0 amide bonds. The third-order valence-corrected chi connectivity index (χ3v) is 3.41. The molecule has 1 saturated heterocycles. The Hall–Kier alpha value is -0.860. The Morgan fingerprint density at radius 2 is 1.94 bits per heavy atom. The summed E-state index contributed by atoms with van der Waals surface area (Å²) in [7, 11) is 2.23. The molecule has 0 saturated carbocycles. The third kappa shape index (κ3) is 3.62. The average molecular weight is 218 g/mol. The van der Waals surface area contributed by atoms with Gasteiger partial charge in [0, 0.05) is 6.54 Å². The molecule has 2 rings (SSSR count). The van der Waals surface area contributed by atoms with Crippen LogP contribution in [0.4, 0.5) is 0 Å². The second-order valence-electron chi connectivity index (χ2n) is 4.85. The lowest BCUT2D eigenvalue weighted by atomic mass is 9.99. The molecule has 1 heterocycles.